The Bertz CT molecular complexity index is 1010. The van der Waals surface area contributed by atoms with Crippen LogP contribution in [0, 0.1) is 0 Å². The van der Waals surface area contributed by atoms with E-state index in [9.17, 15) is 18.0 Å². The lowest BCUT2D eigenvalue weighted by molar-refractivity contribution is -0.140. The Hall–Kier alpha value is -2.58. The van der Waals surface area contributed by atoms with Crippen LogP contribution in [0.5, 0.6) is 0 Å². The van der Waals surface area contributed by atoms with Crippen LogP contribution in [-0.4, -0.2) is 50.5 Å². The number of nitrogens with zero attached hydrogens (tertiary/aromatic N) is 2. The topological polar surface area (TPSA) is 86.8 Å². The lowest BCUT2D eigenvalue weighted by Crippen LogP contribution is -2.47. The van der Waals surface area contributed by atoms with Gasteiger partial charge in [0.2, 0.25) is 21.8 Å². The fourth-order valence-corrected chi connectivity index (χ4v) is 4.46. The zero-order valence-corrected chi connectivity index (χ0v) is 20.2. The van der Waals surface area contributed by atoms with E-state index in [1.165, 1.54) is 9.21 Å². The number of nitrogens with one attached hydrogen (secondary N) is 1. The maximum atomic E-state index is 13.1. The number of benzene rings is 2. The molecule has 32 heavy (non-hydrogen) atoms. The Balaban J connectivity index is 2.12. The minimum Gasteiger partial charge on any atom is -0.355 e. The first-order valence-corrected chi connectivity index (χ1v) is 12.7. The first-order valence-electron chi connectivity index (χ1n) is 10.5. The summed E-state index contributed by atoms with van der Waals surface area (Å²) in [5.74, 6) is -0.444. The Morgan fingerprint density at radius 3 is 2.38 bits per heavy atom. The van der Waals surface area contributed by atoms with Gasteiger partial charge in [0, 0.05) is 31.1 Å². The molecule has 1 atom stereocenters. The van der Waals surface area contributed by atoms with Crippen LogP contribution < -0.4 is 9.62 Å². The van der Waals surface area contributed by atoms with E-state index in [1.54, 1.807) is 31.2 Å². The average Bonchev–Trinajstić information content (AvgIpc) is 2.74. The van der Waals surface area contributed by atoms with E-state index < -0.39 is 16.1 Å². The van der Waals surface area contributed by atoms with Crippen molar-refractivity contribution < 1.29 is 18.0 Å². The Morgan fingerprint density at radius 2 is 1.78 bits per heavy atom. The van der Waals surface area contributed by atoms with Crippen LogP contribution in [-0.2, 0) is 26.2 Å². The van der Waals surface area contributed by atoms with E-state index in [2.05, 4.69) is 5.32 Å². The molecule has 2 rings (SSSR count). The van der Waals surface area contributed by atoms with Gasteiger partial charge < -0.3 is 10.2 Å². The molecule has 0 spiro atoms. The van der Waals surface area contributed by atoms with Crippen molar-refractivity contribution in [1.82, 2.24) is 10.2 Å². The van der Waals surface area contributed by atoms with Crippen LogP contribution in [0.2, 0.25) is 5.02 Å². The molecule has 0 heterocycles. The van der Waals surface area contributed by atoms with E-state index >= 15 is 0 Å². The van der Waals surface area contributed by atoms with Crippen molar-refractivity contribution >= 4 is 39.1 Å². The molecular formula is C23H30ClN3O4S. The van der Waals surface area contributed by atoms with Crippen LogP contribution in [0.15, 0.2) is 54.6 Å². The van der Waals surface area contributed by atoms with Gasteiger partial charge >= 0.3 is 0 Å². The van der Waals surface area contributed by atoms with Crippen molar-refractivity contribution in [3.05, 3.63) is 65.2 Å². The molecule has 2 aromatic carbocycles. The fourth-order valence-electron chi connectivity index (χ4n) is 3.32. The molecule has 0 radical (unpaired) electrons. The van der Waals surface area contributed by atoms with Crippen LogP contribution in [0.3, 0.4) is 0 Å². The quantitative estimate of drug-likeness (QED) is 0.534. The molecule has 0 saturated carbocycles. The zero-order valence-electron chi connectivity index (χ0n) is 18.6. The molecule has 0 aliphatic rings. The van der Waals surface area contributed by atoms with Crippen LogP contribution in [0.1, 0.15) is 32.3 Å². The molecule has 7 nitrogen and oxygen atoms in total. The molecule has 0 bridgehead atoms. The largest absolute Gasteiger partial charge is 0.355 e. The standard InChI is InChI=1S/C23H30ClN3O4S/c1-4-25-23(29)18(2)26(17-19-10-6-5-7-11-19)22(28)14-9-15-27(32(3,30)31)21-13-8-12-20(24)16-21/h5-8,10-13,16,18H,4,9,14-15,17H2,1-3H3,(H,25,29)/t18-/m1/s1. The van der Waals surface area contributed by atoms with Crippen molar-refractivity contribution in [3.63, 3.8) is 0 Å². The number of amides is 2. The summed E-state index contributed by atoms with van der Waals surface area (Å²) in [4.78, 5) is 27.0. The minimum absolute atomic E-state index is 0.100. The number of anilines is 1. The molecule has 0 unspecified atom stereocenters. The summed E-state index contributed by atoms with van der Waals surface area (Å²) in [7, 11) is -3.55. The summed E-state index contributed by atoms with van der Waals surface area (Å²) in [6.07, 6.45) is 1.52. The van der Waals surface area contributed by atoms with E-state index in [-0.39, 0.29) is 24.8 Å². The molecular weight excluding hydrogens is 450 g/mol. The van der Waals surface area contributed by atoms with Crippen LogP contribution >= 0.6 is 11.6 Å². The molecule has 0 aliphatic heterocycles. The second-order valence-corrected chi connectivity index (χ2v) is 9.84. The monoisotopic (exact) mass is 479 g/mol. The van der Waals surface area contributed by atoms with Crippen molar-refractivity contribution in [2.24, 2.45) is 0 Å². The third-order valence-corrected chi connectivity index (χ3v) is 6.39. The molecule has 2 amide bonds. The lowest BCUT2D eigenvalue weighted by atomic mass is 10.1. The third kappa shape index (κ3) is 7.53. The van der Waals surface area contributed by atoms with Crippen LogP contribution in [0.25, 0.3) is 0 Å². The normalized spacial score (nSPS) is 12.1. The number of rotatable bonds is 11. The minimum atomic E-state index is -3.55. The van der Waals surface area contributed by atoms with Gasteiger partial charge in [-0.3, -0.25) is 13.9 Å². The molecule has 2 aromatic rings. The number of likely N-dealkylation sites (N-methyl/N-ethyl adjacent to an activating group) is 1. The highest BCUT2D eigenvalue weighted by Crippen LogP contribution is 2.22. The molecule has 0 aliphatic carbocycles. The first-order chi connectivity index (χ1) is 15.1. The summed E-state index contributed by atoms with van der Waals surface area (Å²) >= 11 is 6.01. The Morgan fingerprint density at radius 1 is 1.09 bits per heavy atom. The van der Waals surface area contributed by atoms with Gasteiger partial charge in [0.25, 0.3) is 0 Å². The van der Waals surface area contributed by atoms with E-state index in [0.717, 1.165) is 11.8 Å². The SMILES string of the molecule is CCNC(=O)[C@@H](C)N(Cc1ccccc1)C(=O)CCCN(c1cccc(Cl)c1)S(C)(=O)=O. The second kappa shape index (κ2) is 11.9. The Kier molecular flexibility index (Phi) is 9.53. The Labute approximate surface area is 195 Å². The van der Waals surface area contributed by atoms with Crippen molar-refractivity contribution in [2.75, 3.05) is 23.7 Å². The van der Waals surface area contributed by atoms with Crippen molar-refractivity contribution in [2.45, 2.75) is 39.3 Å². The molecule has 1 N–H and O–H groups in total. The van der Waals surface area contributed by atoms with Crippen LogP contribution in [0.4, 0.5) is 5.69 Å². The second-order valence-electron chi connectivity index (χ2n) is 7.50. The van der Waals surface area contributed by atoms with Gasteiger partial charge in [-0.2, -0.15) is 0 Å². The molecule has 174 valence electrons. The number of carbonyl (C=O) groups is 2. The van der Waals surface area contributed by atoms with E-state index in [1.807, 2.05) is 37.3 Å². The molecule has 0 aromatic heterocycles. The summed E-state index contributed by atoms with van der Waals surface area (Å²) in [5.41, 5.74) is 1.36. The lowest BCUT2D eigenvalue weighted by Gasteiger charge is -2.29. The fraction of sp³-hybridized carbons (Fsp3) is 0.391. The summed E-state index contributed by atoms with van der Waals surface area (Å²) < 4.78 is 25.8. The third-order valence-electron chi connectivity index (χ3n) is 4.96. The number of hydrogen-bond donors (Lipinski definition) is 1. The predicted octanol–water partition coefficient (Wildman–Crippen LogP) is 3.44. The van der Waals surface area contributed by atoms with Gasteiger partial charge in [-0.1, -0.05) is 48.0 Å². The maximum absolute atomic E-state index is 13.1. The highest BCUT2D eigenvalue weighted by Gasteiger charge is 2.26. The zero-order chi connectivity index (χ0) is 23.7. The number of carbonyl (C=O) groups excluding carboxylic acids is 2. The summed E-state index contributed by atoms with van der Waals surface area (Å²) in [5, 5.41) is 3.18. The summed E-state index contributed by atoms with van der Waals surface area (Å²) in [6, 6.07) is 15.4. The number of sulfonamides is 1. The van der Waals surface area contributed by atoms with Gasteiger partial charge in [-0.05, 0) is 44.0 Å². The average molecular weight is 480 g/mol. The van der Waals surface area contributed by atoms with Gasteiger partial charge in [-0.15, -0.1) is 0 Å². The number of halogens is 1. The van der Waals surface area contributed by atoms with Crippen molar-refractivity contribution in [1.29, 1.82) is 0 Å². The van der Waals surface area contributed by atoms with Gasteiger partial charge in [0.1, 0.15) is 6.04 Å². The number of hydrogen-bond acceptors (Lipinski definition) is 4. The highest BCUT2D eigenvalue weighted by atomic mass is 35.5. The van der Waals surface area contributed by atoms with Gasteiger partial charge in [0.15, 0.2) is 0 Å². The smallest absolute Gasteiger partial charge is 0.242 e. The van der Waals surface area contributed by atoms with E-state index in [4.69, 9.17) is 11.6 Å². The molecule has 9 heteroatoms. The van der Waals surface area contributed by atoms with E-state index in [0.29, 0.717) is 30.2 Å². The van der Waals surface area contributed by atoms with Gasteiger partial charge in [0.05, 0.1) is 11.9 Å². The highest BCUT2D eigenvalue weighted by molar-refractivity contribution is 7.92. The molecule has 0 saturated heterocycles. The van der Waals surface area contributed by atoms with Gasteiger partial charge in [-0.25, -0.2) is 8.42 Å². The first kappa shape index (κ1) is 25.7. The van der Waals surface area contributed by atoms with Crippen molar-refractivity contribution in [3.8, 4) is 0 Å². The maximum Gasteiger partial charge on any atom is 0.242 e. The molecule has 0 fully saturated rings. The predicted molar refractivity (Wildman–Crippen MR) is 128 cm³/mol. The summed E-state index contributed by atoms with van der Waals surface area (Å²) in [6.45, 7) is 4.41.